The van der Waals surface area contributed by atoms with E-state index in [2.05, 4.69) is 0 Å². The Hall–Kier alpha value is -1.11. The molecule has 0 aromatic heterocycles. The molecule has 0 heterocycles. The highest BCUT2D eigenvalue weighted by Gasteiger charge is 1.84. The lowest BCUT2D eigenvalue weighted by Crippen LogP contribution is -1.85. The second-order valence-corrected chi connectivity index (χ2v) is 2.09. The number of carbonyl (C=O) groups excluding carboxylic acids is 1. The van der Waals surface area contributed by atoms with Gasteiger partial charge in [0, 0.05) is 6.42 Å². The predicted octanol–water partition coefficient (Wildman–Crippen LogP) is 2.65. The third-order valence-electron chi connectivity index (χ3n) is 1.16. The van der Waals surface area contributed by atoms with Gasteiger partial charge < -0.3 is 0 Å². The maximum absolute atomic E-state index is 10.7. The van der Waals surface area contributed by atoms with Gasteiger partial charge in [-0.2, -0.15) is 0 Å². The minimum Gasteiger partial charge on any atom is -0.295 e. The first-order valence-corrected chi connectivity index (χ1v) is 3.80. The van der Waals surface area contributed by atoms with Gasteiger partial charge >= 0.3 is 0 Å². The zero-order valence-corrected chi connectivity index (χ0v) is 7.08. The summed E-state index contributed by atoms with van der Waals surface area (Å²) in [6.07, 6.45) is 11.5. The summed E-state index contributed by atoms with van der Waals surface area (Å²) >= 11 is 0. The standard InChI is InChI=1S/C10H14O/c1-3-5-6-7-8-9-10(11)4-2/h3,5-9H,4H2,1-2H3/b5-3+,7-6+,9-8+. The van der Waals surface area contributed by atoms with Crippen LogP contribution in [0, 0.1) is 0 Å². The average molecular weight is 150 g/mol. The number of carbonyl (C=O) groups is 1. The zero-order valence-electron chi connectivity index (χ0n) is 7.08. The van der Waals surface area contributed by atoms with Crippen LogP contribution >= 0.6 is 0 Å². The molecule has 0 aromatic carbocycles. The van der Waals surface area contributed by atoms with Gasteiger partial charge in [0.05, 0.1) is 0 Å². The van der Waals surface area contributed by atoms with Gasteiger partial charge in [-0.1, -0.05) is 37.3 Å². The van der Waals surface area contributed by atoms with Gasteiger partial charge in [-0.05, 0) is 13.0 Å². The van der Waals surface area contributed by atoms with Crippen molar-refractivity contribution in [3.63, 3.8) is 0 Å². The van der Waals surface area contributed by atoms with E-state index in [1.165, 1.54) is 0 Å². The molecule has 0 N–H and O–H groups in total. The Bertz CT molecular complexity index is 185. The van der Waals surface area contributed by atoms with Crippen LogP contribution in [0.2, 0.25) is 0 Å². The van der Waals surface area contributed by atoms with Gasteiger partial charge in [-0.3, -0.25) is 4.79 Å². The third kappa shape index (κ3) is 6.78. The average Bonchev–Trinajstić information content (AvgIpc) is 2.04. The zero-order chi connectivity index (χ0) is 8.53. The van der Waals surface area contributed by atoms with E-state index in [0.717, 1.165) is 0 Å². The van der Waals surface area contributed by atoms with E-state index in [1.807, 2.05) is 38.2 Å². The lowest BCUT2D eigenvalue weighted by molar-refractivity contribution is -0.114. The molecule has 0 bridgehead atoms. The van der Waals surface area contributed by atoms with Crippen LogP contribution in [0.3, 0.4) is 0 Å². The van der Waals surface area contributed by atoms with Crippen LogP contribution < -0.4 is 0 Å². The molecule has 0 saturated heterocycles. The van der Waals surface area contributed by atoms with Crippen molar-refractivity contribution in [2.24, 2.45) is 0 Å². The van der Waals surface area contributed by atoms with Gasteiger partial charge in [0.15, 0.2) is 5.78 Å². The Labute approximate surface area is 68.1 Å². The molecule has 0 fully saturated rings. The van der Waals surface area contributed by atoms with E-state index in [1.54, 1.807) is 12.2 Å². The summed E-state index contributed by atoms with van der Waals surface area (Å²) in [7, 11) is 0. The molecule has 0 unspecified atom stereocenters. The van der Waals surface area contributed by atoms with Crippen LogP contribution in [0.25, 0.3) is 0 Å². The molecule has 0 aliphatic carbocycles. The van der Waals surface area contributed by atoms with Crippen molar-refractivity contribution >= 4 is 5.78 Å². The summed E-state index contributed by atoms with van der Waals surface area (Å²) in [5.74, 6) is 0.162. The second kappa shape index (κ2) is 7.00. The Kier molecular flexibility index (Phi) is 6.30. The van der Waals surface area contributed by atoms with Crippen molar-refractivity contribution in [2.75, 3.05) is 0 Å². The van der Waals surface area contributed by atoms with Crippen LogP contribution in [0.1, 0.15) is 20.3 Å². The number of hydrogen-bond acceptors (Lipinski definition) is 1. The third-order valence-corrected chi connectivity index (χ3v) is 1.16. The molecule has 0 saturated carbocycles. The van der Waals surface area contributed by atoms with Crippen molar-refractivity contribution in [3.05, 3.63) is 36.5 Å². The van der Waals surface area contributed by atoms with E-state index >= 15 is 0 Å². The van der Waals surface area contributed by atoms with Gasteiger partial charge in [0.25, 0.3) is 0 Å². The summed E-state index contributed by atoms with van der Waals surface area (Å²) in [5.41, 5.74) is 0. The summed E-state index contributed by atoms with van der Waals surface area (Å²) < 4.78 is 0. The Morgan fingerprint density at radius 1 is 1.18 bits per heavy atom. The van der Waals surface area contributed by atoms with E-state index in [4.69, 9.17) is 0 Å². The minimum absolute atomic E-state index is 0.162. The second-order valence-electron chi connectivity index (χ2n) is 2.09. The SMILES string of the molecule is C/C=C/C=C/C=C/C(=O)CC. The molecule has 1 heteroatoms. The highest BCUT2D eigenvalue weighted by molar-refractivity contribution is 5.89. The topological polar surface area (TPSA) is 17.1 Å². The summed E-state index contributed by atoms with van der Waals surface area (Å²) in [5, 5.41) is 0. The lowest BCUT2D eigenvalue weighted by atomic mass is 10.3. The molecule has 11 heavy (non-hydrogen) atoms. The molecule has 0 atom stereocenters. The first kappa shape index (κ1) is 9.89. The summed E-state index contributed by atoms with van der Waals surface area (Å²) in [6, 6.07) is 0. The highest BCUT2D eigenvalue weighted by Crippen LogP contribution is 1.84. The Balaban J connectivity index is 3.68. The van der Waals surface area contributed by atoms with E-state index in [-0.39, 0.29) is 5.78 Å². The van der Waals surface area contributed by atoms with Crippen molar-refractivity contribution in [1.82, 2.24) is 0 Å². The van der Waals surface area contributed by atoms with Gasteiger partial charge in [-0.25, -0.2) is 0 Å². The highest BCUT2D eigenvalue weighted by atomic mass is 16.1. The molecule has 0 aliphatic heterocycles. The van der Waals surface area contributed by atoms with Crippen molar-refractivity contribution < 1.29 is 4.79 Å². The van der Waals surface area contributed by atoms with Crippen molar-refractivity contribution in [1.29, 1.82) is 0 Å². The summed E-state index contributed by atoms with van der Waals surface area (Å²) in [4.78, 5) is 10.7. The van der Waals surface area contributed by atoms with Gasteiger partial charge in [-0.15, -0.1) is 0 Å². The molecular weight excluding hydrogens is 136 g/mol. The Morgan fingerprint density at radius 3 is 2.36 bits per heavy atom. The first-order chi connectivity index (χ1) is 5.31. The van der Waals surface area contributed by atoms with Gasteiger partial charge in [0.2, 0.25) is 0 Å². The number of rotatable bonds is 4. The van der Waals surface area contributed by atoms with Crippen LogP contribution in [-0.4, -0.2) is 5.78 Å². The summed E-state index contributed by atoms with van der Waals surface area (Å²) in [6.45, 7) is 3.80. The molecule has 0 aliphatic rings. The van der Waals surface area contributed by atoms with Gasteiger partial charge in [0.1, 0.15) is 0 Å². The monoisotopic (exact) mass is 150 g/mol. The number of ketones is 1. The predicted molar refractivity (Wildman–Crippen MR) is 48.4 cm³/mol. The fourth-order valence-corrected chi connectivity index (χ4v) is 0.520. The molecule has 0 radical (unpaired) electrons. The minimum atomic E-state index is 0.162. The fraction of sp³-hybridized carbons (Fsp3) is 0.300. The smallest absolute Gasteiger partial charge is 0.155 e. The van der Waals surface area contributed by atoms with Crippen LogP contribution in [-0.2, 0) is 4.79 Å². The lowest BCUT2D eigenvalue weighted by Gasteiger charge is -1.80. The van der Waals surface area contributed by atoms with Crippen LogP contribution in [0.5, 0.6) is 0 Å². The molecule has 0 spiro atoms. The molecular formula is C10H14O. The molecule has 0 rings (SSSR count). The largest absolute Gasteiger partial charge is 0.295 e. The Morgan fingerprint density at radius 2 is 1.82 bits per heavy atom. The number of hydrogen-bond donors (Lipinski definition) is 0. The van der Waals surface area contributed by atoms with Crippen LogP contribution in [0.15, 0.2) is 36.5 Å². The fourth-order valence-electron chi connectivity index (χ4n) is 0.520. The van der Waals surface area contributed by atoms with Crippen molar-refractivity contribution in [3.8, 4) is 0 Å². The number of allylic oxidation sites excluding steroid dienone is 6. The normalized spacial score (nSPS) is 12.2. The molecule has 0 aromatic rings. The molecule has 60 valence electrons. The first-order valence-electron chi connectivity index (χ1n) is 3.80. The van der Waals surface area contributed by atoms with E-state index < -0.39 is 0 Å². The van der Waals surface area contributed by atoms with E-state index in [0.29, 0.717) is 6.42 Å². The molecule has 0 amide bonds. The maximum Gasteiger partial charge on any atom is 0.155 e. The van der Waals surface area contributed by atoms with E-state index in [9.17, 15) is 4.79 Å². The van der Waals surface area contributed by atoms with Crippen molar-refractivity contribution in [2.45, 2.75) is 20.3 Å². The quantitative estimate of drug-likeness (QED) is 0.445. The molecule has 1 nitrogen and oxygen atoms in total. The van der Waals surface area contributed by atoms with Crippen LogP contribution in [0.4, 0.5) is 0 Å². The maximum atomic E-state index is 10.7.